The lowest BCUT2D eigenvalue weighted by Crippen LogP contribution is -2.48. The number of likely N-dealkylation sites (tertiary alicyclic amines) is 1. The van der Waals surface area contributed by atoms with Crippen LogP contribution in [0.1, 0.15) is 44.9 Å². The molecule has 2 saturated heterocycles. The van der Waals surface area contributed by atoms with E-state index < -0.39 is 0 Å². The molecule has 2 nitrogen and oxygen atoms in total. The van der Waals surface area contributed by atoms with E-state index in [4.69, 9.17) is 0 Å². The van der Waals surface area contributed by atoms with Gasteiger partial charge in [-0.2, -0.15) is 0 Å². The maximum atomic E-state index is 3.51. The molecule has 3 fully saturated rings. The average Bonchev–Trinajstić information content (AvgIpc) is 2.82. The molecule has 0 aromatic rings. The number of nitrogens with zero attached hydrogens (tertiary/aromatic N) is 1. The molecule has 2 heteroatoms. The van der Waals surface area contributed by atoms with Gasteiger partial charge >= 0.3 is 0 Å². The van der Waals surface area contributed by atoms with E-state index in [9.17, 15) is 0 Å². The number of piperidine rings is 1. The Morgan fingerprint density at radius 2 is 1.88 bits per heavy atom. The Hall–Kier alpha value is -0.0800. The summed E-state index contributed by atoms with van der Waals surface area (Å²) in [5.41, 5.74) is 0. The number of nitrogens with one attached hydrogen (secondary N) is 1. The summed E-state index contributed by atoms with van der Waals surface area (Å²) in [5.74, 6) is 2.00. The van der Waals surface area contributed by atoms with Crippen LogP contribution in [-0.2, 0) is 0 Å². The molecule has 0 radical (unpaired) electrons. The molecule has 3 rings (SSSR count). The van der Waals surface area contributed by atoms with Crippen molar-refractivity contribution in [3.63, 3.8) is 0 Å². The zero-order valence-electron chi connectivity index (χ0n) is 10.5. The van der Waals surface area contributed by atoms with E-state index >= 15 is 0 Å². The molecular weight excluding hydrogens is 196 g/mol. The van der Waals surface area contributed by atoms with Crippen LogP contribution in [0.5, 0.6) is 0 Å². The molecule has 3 atom stereocenters. The third kappa shape index (κ3) is 2.28. The van der Waals surface area contributed by atoms with Gasteiger partial charge in [0.05, 0.1) is 0 Å². The van der Waals surface area contributed by atoms with E-state index in [0.717, 1.165) is 17.9 Å². The van der Waals surface area contributed by atoms with Crippen molar-refractivity contribution >= 4 is 0 Å². The number of rotatable bonds is 2. The predicted octanol–water partition coefficient (Wildman–Crippen LogP) is 2.25. The highest BCUT2D eigenvalue weighted by Crippen LogP contribution is 2.35. The van der Waals surface area contributed by atoms with Crippen molar-refractivity contribution in [3.8, 4) is 0 Å². The first-order chi connectivity index (χ1) is 7.93. The molecule has 16 heavy (non-hydrogen) atoms. The summed E-state index contributed by atoms with van der Waals surface area (Å²) in [6.45, 7) is 5.30. The molecule has 3 aliphatic rings. The summed E-state index contributed by atoms with van der Waals surface area (Å²) >= 11 is 0. The molecule has 1 unspecified atom stereocenters. The first-order valence-electron chi connectivity index (χ1n) is 7.38. The molecular formula is C14H26N2. The lowest BCUT2D eigenvalue weighted by Gasteiger charge is -2.45. The van der Waals surface area contributed by atoms with E-state index in [1.807, 2.05) is 0 Å². The molecule has 2 heterocycles. The van der Waals surface area contributed by atoms with Crippen molar-refractivity contribution in [2.75, 3.05) is 26.2 Å². The summed E-state index contributed by atoms with van der Waals surface area (Å²) in [6.07, 6.45) is 10.4. The van der Waals surface area contributed by atoms with Gasteiger partial charge in [-0.05, 0) is 63.6 Å². The van der Waals surface area contributed by atoms with Crippen molar-refractivity contribution in [2.24, 2.45) is 11.8 Å². The number of hydrogen-bond donors (Lipinski definition) is 1. The van der Waals surface area contributed by atoms with Crippen LogP contribution in [0.3, 0.4) is 0 Å². The fraction of sp³-hybridized carbons (Fsp3) is 1.00. The van der Waals surface area contributed by atoms with E-state index in [2.05, 4.69) is 10.2 Å². The second-order valence-corrected chi connectivity index (χ2v) is 6.11. The van der Waals surface area contributed by atoms with Gasteiger partial charge in [0.1, 0.15) is 0 Å². The van der Waals surface area contributed by atoms with Crippen LogP contribution in [0.25, 0.3) is 0 Å². The van der Waals surface area contributed by atoms with Gasteiger partial charge in [0.25, 0.3) is 0 Å². The van der Waals surface area contributed by atoms with Crippen molar-refractivity contribution in [1.29, 1.82) is 0 Å². The van der Waals surface area contributed by atoms with Gasteiger partial charge in [0, 0.05) is 12.6 Å². The lowest BCUT2D eigenvalue weighted by molar-refractivity contribution is 0.0501. The van der Waals surface area contributed by atoms with Crippen molar-refractivity contribution in [3.05, 3.63) is 0 Å². The third-order valence-electron chi connectivity index (χ3n) is 5.01. The molecule has 1 saturated carbocycles. The highest BCUT2D eigenvalue weighted by molar-refractivity contribution is 4.89. The van der Waals surface area contributed by atoms with Crippen LogP contribution in [0.2, 0.25) is 0 Å². The largest absolute Gasteiger partial charge is 0.316 e. The van der Waals surface area contributed by atoms with Gasteiger partial charge in [0.15, 0.2) is 0 Å². The van der Waals surface area contributed by atoms with Crippen molar-refractivity contribution in [1.82, 2.24) is 10.2 Å². The Kier molecular flexibility index (Phi) is 3.49. The van der Waals surface area contributed by atoms with Gasteiger partial charge in [-0.25, -0.2) is 0 Å². The molecule has 2 aliphatic heterocycles. The van der Waals surface area contributed by atoms with Crippen molar-refractivity contribution < 1.29 is 0 Å². The fourth-order valence-corrected chi connectivity index (χ4v) is 4.16. The molecule has 0 bridgehead atoms. The normalized spacial score (nSPS) is 40.9. The summed E-state index contributed by atoms with van der Waals surface area (Å²) in [7, 11) is 0. The van der Waals surface area contributed by atoms with Gasteiger partial charge in [0.2, 0.25) is 0 Å². The Morgan fingerprint density at radius 1 is 1.00 bits per heavy atom. The van der Waals surface area contributed by atoms with Crippen LogP contribution >= 0.6 is 0 Å². The van der Waals surface area contributed by atoms with E-state index in [0.29, 0.717) is 0 Å². The topological polar surface area (TPSA) is 15.3 Å². The van der Waals surface area contributed by atoms with Gasteiger partial charge in [-0.3, -0.25) is 4.90 Å². The third-order valence-corrected chi connectivity index (χ3v) is 5.01. The van der Waals surface area contributed by atoms with E-state index in [-0.39, 0.29) is 0 Å². The Balaban J connectivity index is 1.59. The quantitative estimate of drug-likeness (QED) is 0.771. The molecule has 1 aliphatic carbocycles. The van der Waals surface area contributed by atoms with Crippen LogP contribution in [0.15, 0.2) is 0 Å². The predicted molar refractivity (Wildman–Crippen MR) is 67.5 cm³/mol. The smallest absolute Gasteiger partial charge is 0.0124 e. The summed E-state index contributed by atoms with van der Waals surface area (Å²) < 4.78 is 0. The first kappa shape index (κ1) is 11.0. The second kappa shape index (κ2) is 5.05. The van der Waals surface area contributed by atoms with Crippen LogP contribution in [-0.4, -0.2) is 37.1 Å². The zero-order chi connectivity index (χ0) is 10.8. The maximum absolute atomic E-state index is 3.51. The molecule has 92 valence electrons. The lowest BCUT2D eigenvalue weighted by atomic mass is 9.78. The van der Waals surface area contributed by atoms with Crippen LogP contribution in [0.4, 0.5) is 0 Å². The van der Waals surface area contributed by atoms with Crippen molar-refractivity contribution in [2.45, 2.75) is 51.0 Å². The minimum atomic E-state index is 0.945. The average molecular weight is 222 g/mol. The Morgan fingerprint density at radius 3 is 2.75 bits per heavy atom. The second-order valence-electron chi connectivity index (χ2n) is 6.11. The standard InChI is InChI=1S/C14H26N2/c1-2-6-14-13(4-1)5-3-9-16(14)11-12-7-8-15-10-12/h12-15H,1-11H2/t12?,13-,14-/m1/s1. The van der Waals surface area contributed by atoms with E-state index in [1.165, 1.54) is 71.1 Å². The van der Waals surface area contributed by atoms with Crippen LogP contribution < -0.4 is 5.32 Å². The number of fused-ring (bicyclic) bond motifs is 1. The van der Waals surface area contributed by atoms with Gasteiger partial charge in [-0.1, -0.05) is 12.8 Å². The molecule has 0 spiro atoms. The Bertz CT molecular complexity index is 221. The van der Waals surface area contributed by atoms with Gasteiger partial charge in [-0.15, -0.1) is 0 Å². The highest BCUT2D eigenvalue weighted by Gasteiger charge is 2.34. The number of hydrogen-bond acceptors (Lipinski definition) is 2. The zero-order valence-corrected chi connectivity index (χ0v) is 10.5. The highest BCUT2D eigenvalue weighted by atomic mass is 15.2. The molecule has 1 N–H and O–H groups in total. The summed E-state index contributed by atoms with van der Waals surface area (Å²) in [5, 5.41) is 3.51. The molecule has 0 aromatic carbocycles. The SMILES string of the molecule is C1CC[C@@H]2[C@H](C1)CCCN2CC1CCNC1. The monoisotopic (exact) mass is 222 g/mol. The van der Waals surface area contributed by atoms with E-state index in [1.54, 1.807) is 0 Å². The van der Waals surface area contributed by atoms with Gasteiger partial charge < -0.3 is 5.32 Å². The Labute approximate surface area is 99.8 Å². The summed E-state index contributed by atoms with van der Waals surface area (Å²) in [6, 6.07) is 0.961. The maximum Gasteiger partial charge on any atom is 0.0124 e. The molecule has 0 aromatic heterocycles. The minimum Gasteiger partial charge on any atom is -0.316 e. The summed E-state index contributed by atoms with van der Waals surface area (Å²) in [4.78, 5) is 2.85. The fourth-order valence-electron chi connectivity index (χ4n) is 4.16. The minimum absolute atomic E-state index is 0.945. The molecule has 0 amide bonds. The first-order valence-corrected chi connectivity index (χ1v) is 7.38. The van der Waals surface area contributed by atoms with Crippen LogP contribution in [0, 0.1) is 11.8 Å².